The van der Waals surface area contributed by atoms with E-state index < -0.39 is 0 Å². The molecule has 0 saturated heterocycles. The first-order valence-corrected chi connectivity index (χ1v) is 2.71. The summed E-state index contributed by atoms with van der Waals surface area (Å²) in [6, 6.07) is 0. The van der Waals surface area contributed by atoms with Crippen LogP contribution in [0.25, 0.3) is 0 Å². The van der Waals surface area contributed by atoms with Gasteiger partial charge in [-0.3, -0.25) is 0 Å². The van der Waals surface area contributed by atoms with Crippen LogP contribution in [0.5, 0.6) is 0 Å². The zero-order valence-electron chi connectivity index (χ0n) is 3.99. The maximum absolute atomic E-state index is 5.41. The molecule has 0 spiro atoms. The van der Waals surface area contributed by atoms with E-state index in [0.29, 0.717) is 5.03 Å². The number of hydrogen-bond donors (Lipinski definition) is 0. The molecule has 0 aliphatic rings. The average Bonchev–Trinajstić information content (AvgIpc) is 1.68. The summed E-state index contributed by atoms with van der Waals surface area (Å²) in [6.07, 6.45) is 3.54. The van der Waals surface area contributed by atoms with Crippen molar-refractivity contribution in [3.05, 3.63) is 22.7 Å². The van der Waals surface area contributed by atoms with E-state index in [9.17, 15) is 0 Å². The topological polar surface area (TPSA) is 0 Å². The summed E-state index contributed by atoms with van der Waals surface area (Å²) in [5.74, 6) is 0. The molecule has 0 aliphatic heterocycles. The van der Waals surface area contributed by atoms with Crippen LogP contribution in [0.2, 0.25) is 0 Å². The Hall–Kier alpha value is 0.0600. The van der Waals surface area contributed by atoms with E-state index in [1.165, 1.54) is 5.54 Å². The molecule has 0 unspecified atom stereocenters. The van der Waals surface area contributed by atoms with Gasteiger partial charge in [-0.25, -0.2) is 0 Å². The summed E-state index contributed by atoms with van der Waals surface area (Å²) in [5, 5.41) is 0.559. The zero-order valence-corrected chi connectivity index (χ0v) is 5.50. The second-order valence-corrected chi connectivity index (χ2v) is 1.65. The highest BCUT2D eigenvalue weighted by atomic mass is 35.5. The number of halogens is 2. The summed E-state index contributed by atoms with van der Waals surface area (Å²) in [5.41, 5.74) is 1.32. The van der Waals surface area contributed by atoms with Gasteiger partial charge in [0.2, 0.25) is 0 Å². The van der Waals surface area contributed by atoms with E-state index in [4.69, 9.17) is 23.2 Å². The molecule has 7 heavy (non-hydrogen) atoms. The Morgan fingerprint density at radius 1 is 1.57 bits per heavy atom. The first-order valence-electron chi connectivity index (χ1n) is 1.90. The van der Waals surface area contributed by atoms with Gasteiger partial charge in [0.25, 0.3) is 0 Å². The van der Waals surface area contributed by atoms with E-state index >= 15 is 0 Å². The lowest BCUT2D eigenvalue weighted by Gasteiger charge is -1.76. The van der Waals surface area contributed by atoms with Gasteiger partial charge in [-0.2, -0.15) is 0 Å². The number of rotatable bonds is 1. The molecule has 0 aromatic heterocycles. The van der Waals surface area contributed by atoms with Crippen LogP contribution in [0.4, 0.5) is 0 Å². The third kappa shape index (κ3) is 3.90. The van der Waals surface area contributed by atoms with E-state index in [0.717, 1.165) is 0 Å². The molecule has 0 aromatic rings. The molecule has 2 heteroatoms. The Bertz CT molecular complexity index is 92.3. The van der Waals surface area contributed by atoms with Crippen LogP contribution in [0.3, 0.4) is 0 Å². The van der Waals surface area contributed by atoms with Crippen LogP contribution in [0, 0.1) is 0 Å². The molecule has 0 amide bonds. The fourth-order valence-corrected chi connectivity index (χ4v) is 0.394. The molecule has 0 bridgehead atoms. The molecular weight excluding hydrogens is 131 g/mol. The summed E-state index contributed by atoms with van der Waals surface area (Å²) in [7, 11) is 0. The van der Waals surface area contributed by atoms with Gasteiger partial charge in [-0.05, 0) is 13.0 Å². The molecular formula is C5H6Cl2. The summed E-state index contributed by atoms with van der Waals surface area (Å²) < 4.78 is 0. The van der Waals surface area contributed by atoms with E-state index in [-0.39, 0.29) is 0 Å². The number of allylic oxidation sites excluding steroid dienone is 3. The van der Waals surface area contributed by atoms with Crippen molar-refractivity contribution in [2.24, 2.45) is 0 Å². The largest absolute Gasteiger partial charge is 0.0913 e. The molecule has 0 N–H and O–H groups in total. The van der Waals surface area contributed by atoms with Crippen molar-refractivity contribution >= 4 is 23.2 Å². The molecule has 0 atom stereocenters. The Morgan fingerprint density at radius 3 is 2.29 bits per heavy atom. The van der Waals surface area contributed by atoms with Crippen molar-refractivity contribution in [1.29, 1.82) is 0 Å². The lowest BCUT2D eigenvalue weighted by atomic mass is 10.5. The minimum Gasteiger partial charge on any atom is -0.0913 e. The van der Waals surface area contributed by atoms with Crippen molar-refractivity contribution < 1.29 is 0 Å². The maximum Gasteiger partial charge on any atom is 0.0515 e. The van der Waals surface area contributed by atoms with Crippen LogP contribution in [0.15, 0.2) is 22.7 Å². The summed E-state index contributed by atoms with van der Waals surface area (Å²) >= 11 is 10.6. The van der Waals surface area contributed by atoms with Crippen molar-refractivity contribution in [3.63, 3.8) is 0 Å². The highest BCUT2D eigenvalue weighted by Gasteiger charge is 1.74. The lowest BCUT2D eigenvalue weighted by Crippen LogP contribution is -1.52. The number of hydrogen-bond acceptors (Lipinski definition) is 0. The van der Waals surface area contributed by atoms with E-state index in [2.05, 4.69) is 0 Å². The standard InChI is InChI=1S/C5H6Cl2/c1-2-3-5(7)4-6/h2-4H,1H3/b3-2+,5-4?. The van der Waals surface area contributed by atoms with Crippen LogP contribution in [-0.2, 0) is 0 Å². The Morgan fingerprint density at radius 2 is 2.14 bits per heavy atom. The smallest absolute Gasteiger partial charge is 0.0515 e. The van der Waals surface area contributed by atoms with E-state index in [1.807, 2.05) is 13.0 Å². The highest BCUT2D eigenvalue weighted by molar-refractivity contribution is 6.37. The van der Waals surface area contributed by atoms with E-state index in [1.54, 1.807) is 6.08 Å². The summed E-state index contributed by atoms with van der Waals surface area (Å²) in [6.45, 7) is 1.88. The molecule has 0 radical (unpaired) electrons. The highest BCUT2D eigenvalue weighted by Crippen LogP contribution is 2.03. The fourth-order valence-electron chi connectivity index (χ4n) is 0.196. The zero-order chi connectivity index (χ0) is 5.70. The molecule has 0 nitrogen and oxygen atoms in total. The van der Waals surface area contributed by atoms with Crippen molar-refractivity contribution in [3.8, 4) is 0 Å². The molecule has 0 aromatic carbocycles. The van der Waals surface area contributed by atoms with Crippen LogP contribution in [-0.4, -0.2) is 0 Å². The van der Waals surface area contributed by atoms with Gasteiger partial charge in [-0.15, -0.1) is 0 Å². The predicted molar refractivity (Wildman–Crippen MR) is 34.6 cm³/mol. The second kappa shape index (κ2) is 4.23. The minimum atomic E-state index is 0.559. The van der Waals surface area contributed by atoms with Crippen molar-refractivity contribution in [2.75, 3.05) is 0 Å². The van der Waals surface area contributed by atoms with Crippen molar-refractivity contribution in [2.45, 2.75) is 6.92 Å². The minimum absolute atomic E-state index is 0.559. The second-order valence-electron chi connectivity index (χ2n) is 0.994. The quantitative estimate of drug-likeness (QED) is 0.487. The molecule has 0 saturated carbocycles. The van der Waals surface area contributed by atoms with Gasteiger partial charge in [-0.1, -0.05) is 29.3 Å². The van der Waals surface area contributed by atoms with Gasteiger partial charge in [0, 0.05) is 5.54 Å². The van der Waals surface area contributed by atoms with Crippen LogP contribution >= 0.6 is 23.2 Å². The Kier molecular flexibility index (Phi) is 4.26. The van der Waals surface area contributed by atoms with Gasteiger partial charge >= 0.3 is 0 Å². The average molecular weight is 137 g/mol. The maximum atomic E-state index is 5.41. The van der Waals surface area contributed by atoms with Crippen LogP contribution in [0.1, 0.15) is 6.92 Å². The fraction of sp³-hybridized carbons (Fsp3) is 0.200. The van der Waals surface area contributed by atoms with Gasteiger partial charge < -0.3 is 0 Å². The van der Waals surface area contributed by atoms with Gasteiger partial charge in [0.1, 0.15) is 0 Å². The first kappa shape index (κ1) is 7.06. The van der Waals surface area contributed by atoms with Gasteiger partial charge in [0.05, 0.1) is 5.03 Å². The first-order chi connectivity index (χ1) is 3.31. The molecule has 0 heterocycles. The molecule has 0 fully saturated rings. The molecule has 0 rings (SSSR count). The predicted octanol–water partition coefficient (Wildman–Crippen LogP) is 2.88. The monoisotopic (exact) mass is 136 g/mol. The van der Waals surface area contributed by atoms with Crippen molar-refractivity contribution in [1.82, 2.24) is 0 Å². The van der Waals surface area contributed by atoms with Crippen LogP contribution < -0.4 is 0 Å². The SMILES string of the molecule is C/C=C/C(Cl)=CCl. The normalized spacial score (nSPS) is 13.3. The van der Waals surface area contributed by atoms with Gasteiger partial charge in [0.15, 0.2) is 0 Å². The third-order valence-electron chi connectivity index (χ3n) is 0.430. The molecule has 40 valence electrons. The lowest BCUT2D eigenvalue weighted by molar-refractivity contribution is 1.72. The Balaban J connectivity index is 3.58. The molecule has 0 aliphatic carbocycles. The summed E-state index contributed by atoms with van der Waals surface area (Å²) in [4.78, 5) is 0. The Labute approximate surface area is 53.4 Å². The third-order valence-corrected chi connectivity index (χ3v) is 1.01.